The molecule has 1 aliphatic heterocycles. The van der Waals surface area contributed by atoms with Crippen molar-refractivity contribution in [3.8, 4) is 0 Å². The largest absolute Gasteiger partial charge is 0.383 e. The van der Waals surface area contributed by atoms with Crippen molar-refractivity contribution in [2.24, 2.45) is 0 Å². The molecule has 1 atom stereocenters. The SMILES string of the molecule is COCCNC(=O)c1cc(N2c3ccccc3CC2C)ccn1. The highest BCUT2D eigenvalue weighted by Gasteiger charge is 2.27. The van der Waals surface area contributed by atoms with Crippen LogP contribution in [0.5, 0.6) is 0 Å². The maximum atomic E-state index is 12.2. The molecule has 0 saturated heterocycles. The Morgan fingerprint density at radius 3 is 3.04 bits per heavy atom. The third-order valence-corrected chi connectivity index (χ3v) is 4.05. The molecule has 120 valence electrons. The first-order valence-corrected chi connectivity index (χ1v) is 7.81. The predicted molar refractivity (Wildman–Crippen MR) is 90.2 cm³/mol. The molecule has 23 heavy (non-hydrogen) atoms. The van der Waals surface area contributed by atoms with E-state index in [0.717, 1.165) is 12.1 Å². The van der Waals surface area contributed by atoms with Gasteiger partial charge < -0.3 is 15.0 Å². The standard InChI is InChI=1S/C18H21N3O2/c1-13-11-14-5-3-4-6-17(14)21(13)15-7-8-19-16(12-15)18(22)20-9-10-23-2/h3-8,12-13H,9-11H2,1-2H3,(H,20,22). The average Bonchev–Trinajstić information content (AvgIpc) is 2.91. The zero-order chi connectivity index (χ0) is 16.2. The number of pyridine rings is 1. The van der Waals surface area contributed by atoms with Crippen molar-refractivity contribution < 1.29 is 9.53 Å². The number of aromatic nitrogens is 1. The second kappa shape index (κ2) is 6.79. The lowest BCUT2D eigenvalue weighted by Crippen LogP contribution is -2.28. The van der Waals surface area contributed by atoms with Crippen molar-refractivity contribution in [3.63, 3.8) is 0 Å². The van der Waals surface area contributed by atoms with Gasteiger partial charge in [-0.1, -0.05) is 18.2 Å². The van der Waals surface area contributed by atoms with Crippen LogP contribution in [-0.2, 0) is 11.2 Å². The molecule has 0 fully saturated rings. The Hall–Kier alpha value is -2.40. The van der Waals surface area contributed by atoms with E-state index in [9.17, 15) is 4.79 Å². The van der Waals surface area contributed by atoms with Crippen LogP contribution in [0.25, 0.3) is 0 Å². The summed E-state index contributed by atoms with van der Waals surface area (Å²) in [6.07, 6.45) is 2.70. The van der Waals surface area contributed by atoms with Gasteiger partial charge in [-0.2, -0.15) is 0 Å². The molecular formula is C18H21N3O2. The van der Waals surface area contributed by atoms with Gasteiger partial charge in [-0.3, -0.25) is 9.78 Å². The Morgan fingerprint density at radius 1 is 1.39 bits per heavy atom. The first-order valence-electron chi connectivity index (χ1n) is 7.81. The molecule has 2 aromatic rings. The summed E-state index contributed by atoms with van der Waals surface area (Å²) in [5.41, 5.74) is 3.96. The Bertz CT molecular complexity index is 702. The number of ether oxygens (including phenoxy) is 1. The van der Waals surface area contributed by atoms with E-state index in [2.05, 4.69) is 40.3 Å². The van der Waals surface area contributed by atoms with Crippen LogP contribution in [0.1, 0.15) is 23.0 Å². The van der Waals surface area contributed by atoms with E-state index >= 15 is 0 Å². The van der Waals surface area contributed by atoms with Gasteiger partial charge in [0.05, 0.1) is 6.61 Å². The molecule has 1 amide bonds. The molecule has 3 rings (SSSR count). The van der Waals surface area contributed by atoms with Crippen molar-refractivity contribution >= 4 is 17.3 Å². The summed E-state index contributed by atoms with van der Waals surface area (Å²) in [4.78, 5) is 18.6. The Kier molecular flexibility index (Phi) is 4.57. The van der Waals surface area contributed by atoms with E-state index in [1.54, 1.807) is 13.3 Å². The number of fused-ring (bicyclic) bond motifs is 1. The summed E-state index contributed by atoms with van der Waals surface area (Å²) >= 11 is 0. The van der Waals surface area contributed by atoms with Crippen LogP contribution in [0.3, 0.4) is 0 Å². The van der Waals surface area contributed by atoms with E-state index in [0.29, 0.717) is 24.9 Å². The smallest absolute Gasteiger partial charge is 0.270 e. The van der Waals surface area contributed by atoms with E-state index in [1.165, 1.54) is 11.3 Å². The average molecular weight is 311 g/mol. The number of nitrogens with zero attached hydrogens (tertiary/aromatic N) is 2. The number of hydrogen-bond acceptors (Lipinski definition) is 4. The van der Waals surface area contributed by atoms with Gasteiger partial charge in [0.25, 0.3) is 5.91 Å². The first kappa shape index (κ1) is 15.5. The Morgan fingerprint density at radius 2 is 2.22 bits per heavy atom. The molecule has 0 spiro atoms. The van der Waals surface area contributed by atoms with E-state index in [1.807, 2.05) is 18.2 Å². The van der Waals surface area contributed by atoms with Crippen molar-refractivity contribution in [2.75, 3.05) is 25.2 Å². The summed E-state index contributed by atoms with van der Waals surface area (Å²) in [6.45, 7) is 3.16. The van der Waals surface area contributed by atoms with E-state index in [-0.39, 0.29) is 5.91 Å². The maximum absolute atomic E-state index is 12.2. The lowest BCUT2D eigenvalue weighted by molar-refractivity contribution is 0.0932. The Balaban J connectivity index is 1.84. The quantitative estimate of drug-likeness (QED) is 0.862. The third-order valence-electron chi connectivity index (χ3n) is 4.05. The first-order chi connectivity index (χ1) is 11.2. The molecule has 5 heteroatoms. The van der Waals surface area contributed by atoms with Crippen LogP contribution in [0, 0.1) is 0 Å². The summed E-state index contributed by atoms with van der Waals surface area (Å²) in [5, 5.41) is 2.80. The van der Waals surface area contributed by atoms with E-state index < -0.39 is 0 Å². The second-order valence-electron chi connectivity index (χ2n) is 5.70. The minimum Gasteiger partial charge on any atom is -0.383 e. The highest BCUT2D eigenvalue weighted by atomic mass is 16.5. The third kappa shape index (κ3) is 3.19. The van der Waals surface area contributed by atoms with Crippen LogP contribution in [0.15, 0.2) is 42.6 Å². The van der Waals surface area contributed by atoms with Gasteiger partial charge in [0.2, 0.25) is 0 Å². The fourth-order valence-corrected chi connectivity index (χ4v) is 3.01. The molecule has 1 aromatic heterocycles. The van der Waals surface area contributed by atoms with Gasteiger partial charge in [-0.25, -0.2) is 0 Å². The van der Waals surface area contributed by atoms with Crippen LogP contribution in [-0.4, -0.2) is 37.2 Å². The van der Waals surface area contributed by atoms with Gasteiger partial charge in [0.1, 0.15) is 5.69 Å². The molecule has 0 aliphatic carbocycles. The summed E-state index contributed by atoms with van der Waals surface area (Å²) in [5.74, 6) is -0.177. The number of benzene rings is 1. The molecule has 1 aromatic carbocycles. The van der Waals surface area contributed by atoms with Crippen LogP contribution in [0.4, 0.5) is 11.4 Å². The lowest BCUT2D eigenvalue weighted by Gasteiger charge is -2.25. The van der Waals surface area contributed by atoms with Crippen LogP contribution < -0.4 is 10.2 Å². The van der Waals surface area contributed by atoms with Gasteiger partial charge in [-0.15, -0.1) is 0 Å². The number of para-hydroxylation sites is 1. The lowest BCUT2D eigenvalue weighted by atomic mass is 10.1. The molecule has 1 unspecified atom stereocenters. The molecular weight excluding hydrogens is 290 g/mol. The summed E-state index contributed by atoms with van der Waals surface area (Å²) < 4.78 is 4.94. The van der Waals surface area contributed by atoms with Gasteiger partial charge in [0, 0.05) is 37.3 Å². The fourth-order valence-electron chi connectivity index (χ4n) is 3.01. The molecule has 1 aliphatic rings. The van der Waals surface area contributed by atoms with Gasteiger partial charge in [-0.05, 0) is 37.1 Å². The monoisotopic (exact) mass is 311 g/mol. The van der Waals surface area contributed by atoms with Crippen LogP contribution >= 0.6 is 0 Å². The number of carbonyl (C=O) groups excluding carboxylic acids is 1. The van der Waals surface area contributed by atoms with E-state index in [4.69, 9.17) is 4.74 Å². The minimum atomic E-state index is -0.177. The van der Waals surface area contributed by atoms with Crippen LogP contribution in [0.2, 0.25) is 0 Å². The second-order valence-corrected chi connectivity index (χ2v) is 5.70. The molecule has 0 saturated carbocycles. The highest BCUT2D eigenvalue weighted by Crippen LogP contribution is 2.37. The Labute approximate surface area is 136 Å². The minimum absolute atomic E-state index is 0.177. The number of hydrogen-bond donors (Lipinski definition) is 1. The zero-order valence-corrected chi connectivity index (χ0v) is 13.5. The van der Waals surface area contributed by atoms with Gasteiger partial charge in [0.15, 0.2) is 0 Å². The summed E-state index contributed by atoms with van der Waals surface area (Å²) in [7, 11) is 1.61. The molecule has 1 N–H and O–H groups in total. The molecule has 2 heterocycles. The fraction of sp³-hybridized carbons (Fsp3) is 0.333. The predicted octanol–water partition coefficient (Wildman–Crippen LogP) is 2.54. The zero-order valence-electron chi connectivity index (χ0n) is 13.5. The number of methoxy groups -OCH3 is 1. The number of rotatable bonds is 5. The maximum Gasteiger partial charge on any atom is 0.270 e. The highest BCUT2D eigenvalue weighted by molar-refractivity contribution is 5.93. The number of amides is 1. The summed E-state index contributed by atoms with van der Waals surface area (Å²) in [6, 6.07) is 12.5. The van der Waals surface area contributed by atoms with Crippen molar-refractivity contribution in [2.45, 2.75) is 19.4 Å². The normalized spacial score (nSPS) is 16.3. The van der Waals surface area contributed by atoms with Crippen molar-refractivity contribution in [3.05, 3.63) is 53.9 Å². The van der Waals surface area contributed by atoms with Crippen molar-refractivity contribution in [1.82, 2.24) is 10.3 Å². The molecule has 0 bridgehead atoms. The molecule has 0 radical (unpaired) electrons. The van der Waals surface area contributed by atoms with Gasteiger partial charge >= 0.3 is 0 Å². The number of nitrogens with one attached hydrogen (secondary N) is 1. The van der Waals surface area contributed by atoms with Crippen molar-refractivity contribution in [1.29, 1.82) is 0 Å². The molecule has 5 nitrogen and oxygen atoms in total. The number of carbonyl (C=O) groups is 1. The number of anilines is 2. The topological polar surface area (TPSA) is 54.5 Å².